The van der Waals surface area contributed by atoms with Gasteiger partial charge in [-0.15, -0.1) is 0 Å². The molecule has 1 atom stereocenters. The molecular weight excluding hydrogens is 234 g/mol. The number of nitrogens with two attached hydrogens (primary N) is 1. The molecular formula is C11H19N5S. The summed E-state index contributed by atoms with van der Waals surface area (Å²) >= 11 is 1.86. The lowest BCUT2D eigenvalue weighted by Crippen LogP contribution is -2.13. The van der Waals surface area contributed by atoms with Gasteiger partial charge in [-0.25, -0.2) is 4.98 Å². The summed E-state index contributed by atoms with van der Waals surface area (Å²) in [5.74, 6) is 2.28. The van der Waals surface area contributed by atoms with Crippen molar-refractivity contribution in [3.05, 3.63) is 5.69 Å². The molecule has 17 heavy (non-hydrogen) atoms. The first kappa shape index (κ1) is 12.3. The summed E-state index contributed by atoms with van der Waals surface area (Å²) in [6.07, 6.45) is 2.12. The zero-order valence-corrected chi connectivity index (χ0v) is 11.6. The number of fused-ring (bicyclic) bond motifs is 1. The largest absolute Gasteiger partial charge is 0.369 e. The molecule has 94 valence electrons. The number of nitrogens with zero attached hydrogens (tertiary/aromatic N) is 4. The van der Waals surface area contributed by atoms with Crippen molar-refractivity contribution in [3.63, 3.8) is 0 Å². The van der Waals surface area contributed by atoms with Crippen molar-refractivity contribution in [2.24, 2.45) is 13.0 Å². The van der Waals surface area contributed by atoms with Crippen LogP contribution in [0.4, 0.5) is 5.95 Å². The molecule has 1 unspecified atom stereocenters. The van der Waals surface area contributed by atoms with Crippen LogP contribution in [-0.2, 0) is 13.6 Å². The van der Waals surface area contributed by atoms with Crippen LogP contribution in [-0.4, -0.2) is 31.3 Å². The molecule has 0 saturated carbocycles. The van der Waals surface area contributed by atoms with E-state index in [1.165, 1.54) is 0 Å². The Kier molecular flexibility index (Phi) is 3.33. The Labute approximate surface area is 105 Å². The van der Waals surface area contributed by atoms with Crippen LogP contribution in [0.25, 0.3) is 11.2 Å². The van der Waals surface area contributed by atoms with Gasteiger partial charge in [0.2, 0.25) is 5.95 Å². The van der Waals surface area contributed by atoms with Crippen LogP contribution >= 0.6 is 11.8 Å². The van der Waals surface area contributed by atoms with E-state index in [-0.39, 0.29) is 0 Å². The van der Waals surface area contributed by atoms with Crippen LogP contribution in [0.15, 0.2) is 0 Å². The van der Waals surface area contributed by atoms with Crippen molar-refractivity contribution in [2.45, 2.75) is 20.4 Å². The molecule has 0 spiro atoms. The maximum Gasteiger partial charge on any atom is 0.202 e. The van der Waals surface area contributed by atoms with Crippen LogP contribution in [0, 0.1) is 12.8 Å². The summed E-state index contributed by atoms with van der Waals surface area (Å²) in [7, 11) is 1.94. The topological polar surface area (TPSA) is 61.7 Å². The van der Waals surface area contributed by atoms with Gasteiger partial charge < -0.3 is 5.73 Å². The van der Waals surface area contributed by atoms with E-state index in [9.17, 15) is 0 Å². The number of thioether (sulfide) groups is 1. The van der Waals surface area contributed by atoms with E-state index in [2.05, 4.69) is 27.8 Å². The number of hydrogen-bond acceptors (Lipinski definition) is 4. The van der Waals surface area contributed by atoms with Crippen molar-refractivity contribution in [1.82, 2.24) is 19.3 Å². The van der Waals surface area contributed by atoms with Crippen LogP contribution in [0.1, 0.15) is 12.6 Å². The van der Waals surface area contributed by atoms with Gasteiger partial charge in [-0.05, 0) is 24.9 Å². The number of hydrogen-bond donors (Lipinski definition) is 1. The van der Waals surface area contributed by atoms with Crippen molar-refractivity contribution >= 4 is 28.9 Å². The molecule has 0 bridgehead atoms. The van der Waals surface area contributed by atoms with E-state index >= 15 is 0 Å². The molecule has 2 N–H and O–H groups in total. The fourth-order valence-electron chi connectivity index (χ4n) is 2.18. The molecule has 2 aromatic heterocycles. The monoisotopic (exact) mass is 253 g/mol. The molecule has 0 aliphatic carbocycles. The molecule has 2 heterocycles. The molecule has 0 aromatic carbocycles. The minimum atomic E-state index is 0.569. The summed E-state index contributed by atoms with van der Waals surface area (Å²) in [4.78, 5) is 4.40. The fraction of sp³-hybridized carbons (Fsp3) is 0.636. The van der Waals surface area contributed by atoms with Crippen LogP contribution < -0.4 is 5.73 Å². The van der Waals surface area contributed by atoms with Crippen molar-refractivity contribution < 1.29 is 0 Å². The summed E-state index contributed by atoms with van der Waals surface area (Å²) in [6, 6.07) is 0. The van der Waals surface area contributed by atoms with Crippen LogP contribution in [0.3, 0.4) is 0 Å². The van der Waals surface area contributed by atoms with Gasteiger partial charge in [0.05, 0.1) is 5.69 Å². The Morgan fingerprint density at radius 2 is 2.18 bits per heavy atom. The van der Waals surface area contributed by atoms with E-state index in [0.717, 1.165) is 29.2 Å². The first-order valence-corrected chi connectivity index (χ1v) is 7.08. The third-order valence-corrected chi connectivity index (χ3v) is 3.77. The van der Waals surface area contributed by atoms with Crippen molar-refractivity contribution in [3.8, 4) is 0 Å². The Morgan fingerprint density at radius 3 is 2.82 bits per heavy atom. The van der Waals surface area contributed by atoms with E-state index in [0.29, 0.717) is 11.9 Å². The zero-order valence-electron chi connectivity index (χ0n) is 10.8. The van der Waals surface area contributed by atoms with Gasteiger partial charge in [0, 0.05) is 13.6 Å². The molecule has 0 amide bonds. The summed E-state index contributed by atoms with van der Waals surface area (Å²) in [6.45, 7) is 5.08. The van der Waals surface area contributed by atoms with Crippen molar-refractivity contribution in [1.29, 1.82) is 0 Å². The van der Waals surface area contributed by atoms with E-state index in [1.54, 1.807) is 0 Å². The van der Waals surface area contributed by atoms with Crippen LogP contribution in [0.2, 0.25) is 0 Å². The molecule has 0 fully saturated rings. The second-order valence-electron chi connectivity index (χ2n) is 4.52. The Morgan fingerprint density at radius 1 is 1.47 bits per heavy atom. The number of aromatic nitrogens is 4. The number of nitrogen functional groups attached to an aromatic ring is 1. The first-order valence-electron chi connectivity index (χ1n) is 5.68. The van der Waals surface area contributed by atoms with Gasteiger partial charge in [0.15, 0.2) is 5.65 Å². The number of rotatable bonds is 4. The second kappa shape index (κ2) is 4.60. The molecule has 5 nitrogen and oxygen atoms in total. The van der Waals surface area contributed by atoms with E-state index < -0.39 is 0 Å². The Bertz CT molecular complexity index is 527. The minimum absolute atomic E-state index is 0.569. The van der Waals surface area contributed by atoms with Gasteiger partial charge >= 0.3 is 0 Å². The molecule has 2 rings (SSSR count). The molecule has 0 aliphatic heterocycles. The average Bonchev–Trinajstić information content (AvgIpc) is 2.69. The lowest BCUT2D eigenvalue weighted by atomic mass is 10.2. The third-order valence-electron chi connectivity index (χ3n) is 2.87. The highest BCUT2D eigenvalue weighted by atomic mass is 32.2. The van der Waals surface area contributed by atoms with Crippen LogP contribution in [0.5, 0.6) is 0 Å². The third kappa shape index (κ3) is 2.13. The molecule has 6 heteroatoms. The number of aryl methyl sites for hydroxylation is 2. The number of anilines is 1. The maximum absolute atomic E-state index is 5.98. The summed E-state index contributed by atoms with van der Waals surface area (Å²) in [5, 5.41) is 4.38. The lowest BCUT2D eigenvalue weighted by Gasteiger charge is -2.12. The van der Waals surface area contributed by atoms with Gasteiger partial charge in [-0.2, -0.15) is 16.9 Å². The van der Waals surface area contributed by atoms with E-state index in [4.69, 9.17) is 5.73 Å². The summed E-state index contributed by atoms with van der Waals surface area (Å²) < 4.78 is 3.93. The molecule has 0 saturated heterocycles. The smallest absolute Gasteiger partial charge is 0.202 e. The quantitative estimate of drug-likeness (QED) is 0.900. The maximum atomic E-state index is 5.98. The normalized spacial score (nSPS) is 13.4. The number of imidazole rings is 1. The molecule has 2 aromatic rings. The van der Waals surface area contributed by atoms with Crippen molar-refractivity contribution in [2.75, 3.05) is 17.7 Å². The molecule has 0 radical (unpaired) electrons. The zero-order chi connectivity index (χ0) is 12.6. The predicted molar refractivity (Wildman–Crippen MR) is 73.2 cm³/mol. The highest BCUT2D eigenvalue weighted by Crippen LogP contribution is 2.22. The molecule has 0 aliphatic rings. The Hall–Kier alpha value is -1.17. The summed E-state index contributed by atoms with van der Waals surface area (Å²) in [5.41, 5.74) is 8.86. The minimum Gasteiger partial charge on any atom is -0.369 e. The fourth-order valence-corrected chi connectivity index (χ4v) is 2.85. The van der Waals surface area contributed by atoms with Gasteiger partial charge in [-0.3, -0.25) is 9.25 Å². The standard InChI is InChI=1S/C11H19N5S/c1-7(6-17-4)5-16-10-9(13-11(16)12)8(2)14-15(10)3/h7H,5-6H2,1-4H3,(H2,12,13). The van der Waals surface area contributed by atoms with E-state index in [1.807, 2.05) is 30.4 Å². The SMILES string of the molecule is CSCC(C)Cn1c(N)nc2c(C)nn(C)c21. The highest BCUT2D eigenvalue weighted by Gasteiger charge is 2.16. The Balaban J connectivity index is 2.42. The van der Waals surface area contributed by atoms with Gasteiger partial charge in [0.1, 0.15) is 5.52 Å². The predicted octanol–water partition coefficient (Wildman–Crippen LogP) is 1.66. The second-order valence-corrected chi connectivity index (χ2v) is 5.43. The van der Waals surface area contributed by atoms with Gasteiger partial charge in [-0.1, -0.05) is 6.92 Å². The lowest BCUT2D eigenvalue weighted by molar-refractivity contribution is 0.537. The average molecular weight is 253 g/mol. The van der Waals surface area contributed by atoms with Gasteiger partial charge in [0.25, 0.3) is 0 Å². The first-order chi connectivity index (χ1) is 8.04. The highest BCUT2D eigenvalue weighted by molar-refractivity contribution is 7.98.